The first-order chi connectivity index (χ1) is 24.7. The van der Waals surface area contributed by atoms with Crippen molar-refractivity contribution in [3.05, 3.63) is 112 Å². The summed E-state index contributed by atoms with van der Waals surface area (Å²) in [5, 5.41) is 0. The van der Waals surface area contributed by atoms with Crippen LogP contribution in [0.5, 0.6) is 5.75 Å². The first-order valence-corrected chi connectivity index (χ1v) is 18.4. The molecule has 0 saturated heterocycles. The highest BCUT2D eigenvalue weighted by Crippen LogP contribution is 2.35. The minimum Gasteiger partial charge on any atom is -0.410 e. The molecule has 4 aromatic rings. The SMILES string of the molecule is CCCCN(CCCC)C(=O)c1cc(-c2cc3c(cc2C(=O)N2Cc4ccccc4C[C@H]2CN)CN(C(=O)Oc2ccccc2)CC3)n(C)c1C. The average molecular weight is 690 g/mol. The molecule has 51 heavy (non-hydrogen) atoms. The van der Waals surface area contributed by atoms with Crippen molar-refractivity contribution >= 4 is 17.9 Å². The van der Waals surface area contributed by atoms with E-state index in [2.05, 4.69) is 32.0 Å². The molecule has 0 unspecified atom stereocenters. The summed E-state index contributed by atoms with van der Waals surface area (Å²) >= 11 is 0. The van der Waals surface area contributed by atoms with E-state index in [0.29, 0.717) is 55.9 Å². The van der Waals surface area contributed by atoms with Gasteiger partial charge in [0, 0.05) is 74.9 Å². The minimum atomic E-state index is -0.420. The van der Waals surface area contributed by atoms with Gasteiger partial charge in [0.05, 0.1) is 5.56 Å². The van der Waals surface area contributed by atoms with Crippen molar-refractivity contribution in [2.45, 2.75) is 78.4 Å². The molecule has 3 aromatic carbocycles. The van der Waals surface area contributed by atoms with Crippen molar-refractivity contribution < 1.29 is 19.1 Å². The van der Waals surface area contributed by atoms with E-state index in [4.69, 9.17) is 10.5 Å². The Kier molecular flexibility index (Phi) is 11.3. The number of aromatic nitrogens is 1. The average Bonchev–Trinajstić information content (AvgIpc) is 3.46. The summed E-state index contributed by atoms with van der Waals surface area (Å²) in [5.41, 5.74) is 14.3. The highest BCUT2D eigenvalue weighted by Gasteiger charge is 2.33. The molecule has 2 aliphatic heterocycles. The van der Waals surface area contributed by atoms with E-state index in [1.807, 2.05) is 70.8 Å². The van der Waals surface area contributed by atoms with E-state index in [1.54, 1.807) is 17.0 Å². The van der Waals surface area contributed by atoms with Gasteiger partial charge < -0.3 is 29.7 Å². The van der Waals surface area contributed by atoms with Crippen LogP contribution in [-0.4, -0.2) is 69.4 Å². The number of ether oxygens (including phenoxy) is 1. The zero-order valence-electron chi connectivity index (χ0n) is 30.5. The van der Waals surface area contributed by atoms with E-state index >= 15 is 0 Å². The van der Waals surface area contributed by atoms with Crippen LogP contribution >= 0.6 is 0 Å². The van der Waals surface area contributed by atoms with Gasteiger partial charge in [-0.3, -0.25) is 9.59 Å². The third kappa shape index (κ3) is 7.59. The maximum Gasteiger partial charge on any atom is 0.415 e. The number of fused-ring (bicyclic) bond motifs is 2. The van der Waals surface area contributed by atoms with Crippen molar-refractivity contribution in [2.75, 3.05) is 26.2 Å². The first-order valence-electron chi connectivity index (χ1n) is 18.4. The molecule has 0 bridgehead atoms. The van der Waals surface area contributed by atoms with Gasteiger partial charge in [0.1, 0.15) is 5.75 Å². The first kappa shape index (κ1) is 35.9. The van der Waals surface area contributed by atoms with Crippen molar-refractivity contribution in [1.29, 1.82) is 0 Å². The Bertz CT molecular complexity index is 1880. The smallest absolute Gasteiger partial charge is 0.410 e. The summed E-state index contributed by atoms with van der Waals surface area (Å²) in [6.07, 6.45) is 4.81. The lowest BCUT2D eigenvalue weighted by molar-refractivity contribution is 0.0648. The molecule has 2 N–H and O–H groups in total. The van der Waals surface area contributed by atoms with Crippen LogP contribution in [0, 0.1) is 6.92 Å². The second-order valence-electron chi connectivity index (χ2n) is 13.9. The largest absolute Gasteiger partial charge is 0.415 e. The topological polar surface area (TPSA) is 101 Å². The lowest BCUT2D eigenvalue weighted by Gasteiger charge is -2.37. The maximum atomic E-state index is 14.9. The predicted molar refractivity (Wildman–Crippen MR) is 201 cm³/mol. The van der Waals surface area contributed by atoms with Gasteiger partial charge >= 0.3 is 6.09 Å². The number of hydrogen-bond donors (Lipinski definition) is 1. The highest BCUT2D eigenvalue weighted by atomic mass is 16.6. The number of carbonyl (C=O) groups is 3. The van der Waals surface area contributed by atoms with Gasteiger partial charge in [-0.15, -0.1) is 0 Å². The summed E-state index contributed by atoms with van der Waals surface area (Å²) < 4.78 is 7.72. The van der Waals surface area contributed by atoms with Gasteiger partial charge in [0.2, 0.25) is 0 Å². The fraction of sp³-hybridized carbons (Fsp3) is 0.405. The van der Waals surface area contributed by atoms with Gasteiger partial charge in [-0.2, -0.15) is 0 Å². The Morgan fingerprint density at radius 1 is 0.843 bits per heavy atom. The van der Waals surface area contributed by atoms with Crippen molar-refractivity contribution in [3.8, 4) is 17.0 Å². The van der Waals surface area contributed by atoms with Crippen LogP contribution in [0.3, 0.4) is 0 Å². The number of rotatable bonds is 11. The summed E-state index contributed by atoms with van der Waals surface area (Å²) in [7, 11) is 1.97. The lowest BCUT2D eigenvalue weighted by atomic mass is 9.89. The molecule has 0 aliphatic carbocycles. The number of amides is 3. The normalized spacial score (nSPS) is 15.3. The van der Waals surface area contributed by atoms with Crippen molar-refractivity contribution in [1.82, 2.24) is 19.3 Å². The molecule has 0 spiro atoms. The monoisotopic (exact) mass is 689 g/mol. The van der Waals surface area contributed by atoms with Crippen LogP contribution < -0.4 is 10.5 Å². The molecule has 2 aliphatic rings. The zero-order valence-corrected chi connectivity index (χ0v) is 30.5. The third-order valence-corrected chi connectivity index (χ3v) is 10.6. The molecular weight excluding hydrogens is 638 g/mol. The molecule has 0 fully saturated rings. The summed E-state index contributed by atoms with van der Waals surface area (Å²) in [6, 6.07) is 23.2. The molecular formula is C42H51N5O4. The molecule has 0 radical (unpaired) electrons. The number of nitrogens with zero attached hydrogens (tertiary/aromatic N) is 4. The maximum absolute atomic E-state index is 14.9. The Labute approximate surface area is 302 Å². The van der Waals surface area contributed by atoms with Crippen LogP contribution in [0.15, 0.2) is 72.8 Å². The second-order valence-corrected chi connectivity index (χ2v) is 13.9. The van der Waals surface area contributed by atoms with E-state index < -0.39 is 6.09 Å². The van der Waals surface area contributed by atoms with Crippen LogP contribution in [0.1, 0.15) is 88.2 Å². The Balaban J connectivity index is 1.40. The van der Waals surface area contributed by atoms with Gasteiger partial charge in [0.15, 0.2) is 0 Å². The molecule has 268 valence electrons. The molecule has 0 saturated carbocycles. The predicted octanol–water partition coefficient (Wildman–Crippen LogP) is 7.13. The number of nitrogens with two attached hydrogens (primary N) is 1. The fourth-order valence-corrected chi connectivity index (χ4v) is 7.36. The second kappa shape index (κ2) is 16.0. The Hall–Kier alpha value is -4.89. The molecule has 3 heterocycles. The van der Waals surface area contributed by atoms with Gasteiger partial charge in [-0.25, -0.2) is 4.79 Å². The number of hydrogen-bond acceptors (Lipinski definition) is 5. The lowest BCUT2D eigenvalue weighted by Crippen LogP contribution is -2.48. The summed E-state index contributed by atoms with van der Waals surface area (Å²) in [6.45, 7) is 9.33. The quantitative estimate of drug-likeness (QED) is 0.181. The van der Waals surface area contributed by atoms with Crippen molar-refractivity contribution in [3.63, 3.8) is 0 Å². The van der Waals surface area contributed by atoms with Crippen LogP contribution in [0.4, 0.5) is 4.79 Å². The number of benzene rings is 3. The van der Waals surface area contributed by atoms with Gasteiger partial charge in [-0.1, -0.05) is 69.2 Å². The molecule has 1 aromatic heterocycles. The zero-order chi connectivity index (χ0) is 36.1. The number of para-hydroxylation sites is 1. The van der Waals surface area contributed by atoms with E-state index in [1.165, 1.54) is 5.56 Å². The number of unbranched alkanes of at least 4 members (excludes halogenated alkanes) is 2. The Morgan fingerprint density at radius 2 is 1.53 bits per heavy atom. The molecule has 3 amide bonds. The molecule has 1 atom stereocenters. The molecule has 9 heteroatoms. The van der Waals surface area contributed by atoms with Crippen LogP contribution in [0.2, 0.25) is 0 Å². The summed E-state index contributed by atoms with van der Waals surface area (Å²) in [4.78, 5) is 47.8. The van der Waals surface area contributed by atoms with Crippen LogP contribution in [0.25, 0.3) is 11.3 Å². The fourth-order valence-electron chi connectivity index (χ4n) is 7.36. The van der Waals surface area contributed by atoms with Crippen LogP contribution in [-0.2, 0) is 33.0 Å². The molecule has 9 nitrogen and oxygen atoms in total. The number of carbonyl (C=O) groups excluding carboxylic acids is 3. The highest BCUT2D eigenvalue weighted by molar-refractivity contribution is 6.03. The standard InChI is InChI=1S/C42H51N5O4/c1-5-7-19-45(20-8-6-2)40(48)36-25-39(44(4)29(36)3)37-23-31-18-21-46(42(50)51-35-16-10-9-11-17-35)27-33(31)24-38(37)41(49)47-28-32-15-13-12-14-30(32)22-34(47)26-43/h9-17,23-25,34H,5-8,18-22,26-28,43H2,1-4H3/t34-/m0/s1. The summed E-state index contributed by atoms with van der Waals surface area (Å²) in [5.74, 6) is 0.413. The Morgan fingerprint density at radius 3 is 2.22 bits per heavy atom. The van der Waals surface area contributed by atoms with E-state index in [0.717, 1.165) is 72.4 Å². The third-order valence-electron chi connectivity index (χ3n) is 10.6. The van der Waals surface area contributed by atoms with Gasteiger partial charge in [0.25, 0.3) is 11.8 Å². The van der Waals surface area contributed by atoms with Crippen molar-refractivity contribution in [2.24, 2.45) is 12.8 Å². The van der Waals surface area contributed by atoms with E-state index in [9.17, 15) is 14.4 Å². The van der Waals surface area contributed by atoms with E-state index in [-0.39, 0.29) is 17.9 Å². The minimum absolute atomic E-state index is 0.0329. The molecule has 6 rings (SSSR count). The van der Waals surface area contributed by atoms with Gasteiger partial charge in [-0.05, 0) is 85.2 Å².